The lowest BCUT2D eigenvalue weighted by Crippen LogP contribution is -2.25. The second kappa shape index (κ2) is 39.5. The quantitative estimate of drug-likeness (QED) is 0.0550. The fourth-order valence-corrected chi connectivity index (χ4v) is 28.4. The molecule has 0 amide bonds. The van der Waals surface area contributed by atoms with Crippen LogP contribution in [0.2, 0.25) is 20.1 Å². The number of halogens is 4. The first kappa shape index (κ1) is 97.9. The van der Waals surface area contributed by atoms with E-state index in [1.165, 1.54) is 102 Å². The first-order chi connectivity index (χ1) is 66.2. The van der Waals surface area contributed by atoms with Crippen molar-refractivity contribution in [2.45, 2.75) is 66.0 Å². The minimum absolute atomic E-state index is 0.0388. The smallest absolute Gasteiger partial charge is 0.263 e. The molecule has 4 N–H and O–H groups in total. The lowest BCUT2D eigenvalue weighted by Gasteiger charge is -2.18. The summed E-state index contributed by atoms with van der Waals surface area (Å²) in [4.78, 5) is 30.9. The van der Waals surface area contributed by atoms with E-state index in [1.807, 2.05) is 136 Å². The number of pyridine rings is 3. The summed E-state index contributed by atoms with van der Waals surface area (Å²) in [5.41, 5.74) is 12.2. The van der Waals surface area contributed by atoms with Crippen molar-refractivity contribution in [1.29, 1.82) is 0 Å². The molecule has 0 radical (unpaired) electrons. The average Bonchev–Trinajstić information content (AvgIpc) is 1.04. The Kier molecular flexibility index (Phi) is 27.8. The molecule has 0 unspecified atom stereocenters. The van der Waals surface area contributed by atoms with E-state index in [1.54, 1.807) is 79.5 Å². The number of aromatic nitrogens is 7. The normalized spacial score (nSPS) is 15.4. The molecule has 0 saturated carbocycles. The molecule has 16 aromatic rings. The van der Waals surface area contributed by atoms with Gasteiger partial charge in [-0.15, -0.1) is 0 Å². The largest absolute Gasteiger partial charge is 0.280 e. The third-order valence-corrected chi connectivity index (χ3v) is 38.0. The summed E-state index contributed by atoms with van der Waals surface area (Å²) in [6, 6.07) is 69.1. The van der Waals surface area contributed by atoms with Crippen molar-refractivity contribution < 1.29 is 67.3 Å². The van der Waals surface area contributed by atoms with Crippen LogP contribution in [0, 0.1) is 20.8 Å². The number of anilines is 8. The zero-order valence-electron chi connectivity index (χ0n) is 73.8. The van der Waals surface area contributed by atoms with Gasteiger partial charge in [-0.2, -0.15) is 0 Å². The van der Waals surface area contributed by atoms with Gasteiger partial charge in [-0.25, -0.2) is 92.3 Å². The molecule has 11 aromatic carbocycles. The molecular formula is C96H83Cl4N15O16S8. The number of aryl methyl sites for hydroxylation is 3. The highest BCUT2D eigenvalue weighted by Gasteiger charge is 2.35. The van der Waals surface area contributed by atoms with Gasteiger partial charge in [0, 0.05) is 124 Å². The van der Waals surface area contributed by atoms with Gasteiger partial charge < -0.3 is 0 Å². The van der Waals surface area contributed by atoms with Crippen LogP contribution < -0.4 is 36.1 Å². The standard InChI is InChI=1S/C25H22ClN3O4S2.C24H21ClN4O4S2.C24H22N4O4S2.C23H18Cl2N4O4S2/c1-17-7-8-19(15-22(17)25-21-6-3-2-5-18(21)11-12-27-25)28-35(32,33)24-10-9-20(16-23(24)26)29-13-4-14-34(29,30)31;1-16-3-5-18(13-20(16)23-7-4-17-15-26-10-9-22(17)27-23)28-35(32,33)24-8-6-19(14-21(24)25)29-11-2-12-34(29,30)31;1-17-7-8-19(15-22(17)24-25-16-18-5-2-3-6-23(18)26-24)27-34(31,32)21-11-9-20(10-12-21)28-13-4-14-33(28,29)30;24-19-8-6-16(12-18(19)23-26-14-15-4-1-2-5-21(15)27-23)28-35(32,33)22-9-7-17(13-20(22)25)29-10-3-11-34(29,30)31/h2-3,5-12,15-16,28H,4,13-14H2,1H3;3-10,13-15,28H,2,11-12H2,1H3;2-3,5-12,15-16,27H,4,13-14H2,1H3;1-2,4-9,12-14,28H,3,10-11H2. The highest BCUT2D eigenvalue weighted by Crippen LogP contribution is 2.41. The Morgan fingerprint density at radius 1 is 0.309 bits per heavy atom. The lowest BCUT2D eigenvalue weighted by atomic mass is 10.00. The Bertz CT molecular complexity index is 8350. The van der Waals surface area contributed by atoms with E-state index in [4.69, 9.17) is 46.4 Å². The van der Waals surface area contributed by atoms with Crippen LogP contribution in [0.1, 0.15) is 42.4 Å². The summed E-state index contributed by atoms with van der Waals surface area (Å²) in [6.45, 7) is 7.19. The molecule has 20 rings (SSSR count). The van der Waals surface area contributed by atoms with Gasteiger partial charge in [0.1, 0.15) is 14.7 Å². The third-order valence-electron chi connectivity index (χ3n) is 23.2. The first-order valence-corrected chi connectivity index (χ1v) is 56.8. The molecule has 4 fully saturated rings. The summed E-state index contributed by atoms with van der Waals surface area (Å²) >= 11 is 25.3. The van der Waals surface area contributed by atoms with Crippen LogP contribution in [0.5, 0.6) is 0 Å². The summed E-state index contributed by atoms with van der Waals surface area (Å²) in [6.07, 6.45) is 10.6. The molecule has 0 atom stereocenters. The zero-order valence-corrected chi connectivity index (χ0v) is 83.3. The Morgan fingerprint density at radius 2 is 0.683 bits per heavy atom. The van der Waals surface area contributed by atoms with Crippen LogP contribution in [-0.2, 0) is 80.2 Å². The molecular weight excluding hydrogens is 2020 g/mol. The third kappa shape index (κ3) is 21.5. The SMILES string of the molecule is Cc1ccc(NS(=O)(=O)c2ccc(N3CCCS3(=O)=O)cc2)cc1-c1ncc2ccccc2n1.Cc1ccc(NS(=O)(=O)c2ccc(N3CCCS3(=O)=O)cc2Cl)cc1-c1ccc2cnccc2n1.Cc1ccc(NS(=O)(=O)c2ccc(N3CCCS3(=O)=O)cc2Cl)cc1-c1nccc2ccccc12.O=S(=O)(Nc1ccc(Cl)c(-c2ncc3ccccc3n2)c1)c1ccc(N2CCCS2(=O)=O)cc1Cl. The Morgan fingerprint density at radius 3 is 1.14 bits per heavy atom. The van der Waals surface area contributed by atoms with Crippen molar-refractivity contribution in [2.24, 2.45) is 0 Å². The number of nitrogens with one attached hydrogen (secondary N) is 4. The maximum atomic E-state index is 13.2. The maximum absolute atomic E-state index is 13.2. The monoisotopic (exact) mass is 2100 g/mol. The van der Waals surface area contributed by atoms with Crippen LogP contribution in [0.25, 0.3) is 88.8 Å². The van der Waals surface area contributed by atoms with E-state index in [0.717, 1.165) is 82.6 Å². The second-order valence-corrected chi connectivity index (χ2v) is 49.0. The van der Waals surface area contributed by atoms with Crippen LogP contribution in [-0.4, -0.2) is 151 Å². The lowest BCUT2D eigenvalue weighted by molar-refractivity contribution is 0.597. The molecule has 9 heterocycles. The number of rotatable bonds is 20. The summed E-state index contributed by atoms with van der Waals surface area (Å²) < 4.78 is 218. The van der Waals surface area contributed by atoms with E-state index in [9.17, 15) is 67.3 Å². The molecule has 0 bridgehead atoms. The summed E-state index contributed by atoms with van der Waals surface area (Å²) in [7, 11) is -29.6. The van der Waals surface area contributed by atoms with Gasteiger partial charge in [0.05, 0.1) is 98.7 Å². The van der Waals surface area contributed by atoms with Crippen LogP contribution in [0.15, 0.2) is 299 Å². The van der Waals surface area contributed by atoms with E-state index in [2.05, 4.69) is 53.8 Å². The highest BCUT2D eigenvalue weighted by molar-refractivity contribution is 7.95. The Labute approximate surface area is 823 Å². The first-order valence-electron chi connectivity index (χ1n) is 42.9. The van der Waals surface area contributed by atoms with Crippen molar-refractivity contribution in [3.05, 3.63) is 316 Å². The minimum atomic E-state index is -4.09. The molecule has 5 aromatic heterocycles. The van der Waals surface area contributed by atoms with Crippen molar-refractivity contribution in [1.82, 2.24) is 34.9 Å². The molecule has 714 valence electrons. The predicted octanol–water partition coefficient (Wildman–Crippen LogP) is 18.7. The van der Waals surface area contributed by atoms with Gasteiger partial charge in [0.25, 0.3) is 40.1 Å². The van der Waals surface area contributed by atoms with Crippen LogP contribution in [0.4, 0.5) is 45.5 Å². The summed E-state index contributed by atoms with van der Waals surface area (Å²) in [5, 5.41) is 4.85. The van der Waals surface area contributed by atoms with Crippen molar-refractivity contribution in [3.63, 3.8) is 0 Å². The fourth-order valence-electron chi connectivity index (χ4n) is 16.2. The van der Waals surface area contributed by atoms with Gasteiger partial charge in [-0.3, -0.25) is 46.1 Å². The Hall–Kier alpha value is -12.8. The van der Waals surface area contributed by atoms with Crippen molar-refractivity contribution >= 4 is 216 Å². The van der Waals surface area contributed by atoms with Gasteiger partial charge >= 0.3 is 0 Å². The van der Waals surface area contributed by atoms with Gasteiger partial charge in [-0.1, -0.05) is 125 Å². The molecule has 0 aliphatic carbocycles. The molecule has 4 saturated heterocycles. The number of hydrogen-bond acceptors (Lipinski definition) is 23. The number of benzene rings is 11. The van der Waals surface area contributed by atoms with Crippen LogP contribution >= 0.6 is 46.4 Å². The van der Waals surface area contributed by atoms with E-state index in [-0.39, 0.29) is 63.3 Å². The number of nitrogens with zero attached hydrogens (tertiary/aromatic N) is 11. The topological polar surface area (TPSA) is 424 Å². The van der Waals surface area contributed by atoms with Gasteiger partial charge in [0.15, 0.2) is 11.6 Å². The van der Waals surface area contributed by atoms with E-state index < -0.39 is 80.2 Å². The number of para-hydroxylation sites is 2. The average molecular weight is 2100 g/mol. The van der Waals surface area contributed by atoms with Crippen molar-refractivity contribution in [3.8, 4) is 45.3 Å². The minimum Gasteiger partial charge on any atom is -0.280 e. The highest BCUT2D eigenvalue weighted by atomic mass is 35.5. The van der Waals surface area contributed by atoms with Gasteiger partial charge in [0.2, 0.25) is 40.1 Å². The van der Waals surface area contributed by atoms with Crippen molar-refractivity contribution in [2.75, 3.05) is 85.3 Å². The molecule has 139 heavy (non-hydrogen) atoms. The number of sulfonamides is 8. The van der Waals surface area contributed by atoms with Gasteiger partial charge in [-0.05, 0) is 238 Å². The fraction of sp³-hybridized carbons (Fsp3) is 0.156. The molecule has 43 heteroatoms. The second-order valence-electron chi connectivity index (χ2n) is 32.7. The number of hydrogen-bond donors (Lipinski definition) is 4. The van der Waals surface area contributed by atoms with E-state index >= 15 is 0 Å². The predicted molar refractivity (Wildman–Crippen MR) is 548 cm³/mol. The number of fused-ring (bicyclic) bond motifs is 4. The molecule has 31 nitrogen and oxygen atoms in total. The van der Waals surface area contributed by atoms with Crippen LogP contribution in [0.3, 0.4) is 0 Å². The zero-order chi connectivity index (χ0) is 98.3. The maximum Gasteiger partial charge on any atom is 0.263 e. The summed E-state index contributed by atoms with van der Waals surface area (Å²) in [5.74, 6) is 1.13. The molecule has 4 aliphatic rings. The van der Waals surface area contributed by atoms with E-state index in [0.29, 0.717) is 120 Å². The molecule has 4 aliphatic heterocycles. The molecule has 0 spiro atoms. The Balaban J connectivity index is 0.000000128.